The van der Waals surface area contributed by atoms with Crippen LogP contribution in [-0.4, -0.2) is 91.9 Å². The van der Waals surface area contributed by atoms with Crippen molar-refractivity contribution in [1.82, 2.24) is 35.8 Å². The number of hydrogen-bond acceptors (Lipinski definition) is 9. The van der Waals surface area contributed by atoms with Crippen molar-refractivity contribution in [3.05, 3.63) is 78.4 Å². The van der Waals surface area contributed by atoms with Crippen LogP contribution in [0.2, 0.25) is 0 Å². The van der Waals surface area contributed by atoms with Gasteiger partial charge in [0.15, 0.2) is 5.58 Å². The maximum Gasteiger partial charge on any atom is 0.318 e. The van der Waals surface area contributed by atoms with Gasteiger partial charge < -0.3 is 41.1 Å². The molecule has 53 heavy (non-hydrogen) atoms. The zero-order chi connectivity index (χ0) is 37.0. The number of fused-ring (bicyclic) bond motifs is 1. The largest absolute Gasteiger partial charge is 0.431 e. The average molecular weight is 745 g/mol. The minimum atomic E-state index is -1.01. The number of nitrogens with one attached hydrogen (secondary N) is 4. The lowest BCUT2D eigenvalue weighted by molar-refractivity contribution is -0.130. The molecule has 2 aromatic carbocycles. The zero-order valence-corrected chi connectivity index (χ0v) is 30.9. The van der Waals surface area contributed by atoms with Crippen LogP contribution in [0.15, 0.2) is 76.8 Å². The number of rotatable bonds is 16. The number of carbonyl (C=O) groups excluding carboxylic acids is 3. The first-order chi connectivity index (χ1) is 25.8. The molecule has 6 rings (SSSR count). The van der Waals surface area contributed by atoms with Crippen LogP contribution in [0.25, 0.3) is 11.1 Å². The van der Waals surface area contributed by atoms with Crippen LogP contribution in [0.5, 0.6) is 0 Å². The van der Waals surface area contributed by atoms with E-state index in [4.69, 9.17) is 10.2 Å². The quantitative estimate of drug-likeness (QED) is 0.0908. The molecule has 0 unspecified atom stereocenters. The summed E-state index contributed by atoms with van der Waals surface area (Å²) >= 11 is 1.43. The molecule has 1 saturated heterocycles. The molecule has 0 spiro atoms. The fourth-order valence-electron chi connectivity index (χ4n) is 7.25. The molecule has 14 heteroatoms. The summed E-state index contributed by atoms with van der Waals surface area (Å²) in [5, 5.41) is 21.1. The monoisotopic (exact) mass is 744 g/mol. The molecule has 3 heterocycles. The Morgan fingerprint density at radius 2 is 1.64 bits per heavy atom. The molecule has 4 aromatic rings. The SMILES string of the molecule is NC1CCN(C(=O)N[C@@H](Cc2ccccc2)C(=O)N[C@@H](Cc2c[nH]cn2)C(=O)N[C@@H](CC2CCCCC2)[C@@H](O)CCSc2nc3ccccc3o2)CC1. The summed E-state index contributed by atoms with van der Waals surface area (Å²) in [6.45, 7) is 1.02. The summed E-state index contributed by atoms with van der Waals surface area (Å²) in [4.78, 5) is 55.2. The van der Waals surface area contributed by atoms with E-state index in [2.05, 4.69) is 30.9 Å². The molecule has 0 bridgehead atoms. The van der Waals surface area contributed by atoms with Crippen molar-refractivity contribution in [2.75, 3.05) is 18.8 Å². The highest BCUT2D eigenvalue weighted by Gasteiger charge is 2.33. The zero-order valence-electron chi connectivity index (χ0n) is 30.1. The van der Waals surface area contributed by atoms with Crippen LogP contribution < -0.4 is 21.7 Å². The second-order valence-corrected chi connectivity index (χ2v) is 15.4. The van der Waals surface area contributed by atoms with E-state index >= 15 is 0 Å². The second-order valence-electron chi connectivity index (χ2n) is 14.3. The Kier molecular flexibility index (Phi) is 13.8. The number of imidazole rings is 1. The lowest BCUT2D eigenvalue weighted by atomic mass is 9.83. The number of thioether (sulfide) groups is 1. The third-order valence-corrected chi connectivity index (χ3v) is 11.2. The summed E-state index contributed by atoms with van der Waals surface area (Å²) in [6.07, 6.45) is 10.7. The van der Waals surface area contributed by atoms with Gasteiger partial charge in [0, 0.05) is 43.9 Å². The Bertz CT molecular complexity index is 1710. The van der Waals surface area contributed by atoms with E-state index in [1.54, 1.807) is 11.1 Å². The number of aromatic amines is 1. The van der Waals surface area contributed by atoms with Gasteiger partial charge >= 0.3 is 6.03 Å². The number of urea groups is 1. The van der Waals surface area contributed by atoms with Crippen LogP contribution in [0.3, 0.4) is 0 Å². The standard InChI is InChI=1S/C39H52N8O5S/c40-28-15-18-47(19-16-28)38(51)45-32(22-27-11-5-2-6-12-27)36(49)44-33(23-29-24-41-25-42-29)37(50)43-31(21-26-9-3-1-4-10-26)34(48)17-20-53-39-46-30-13-7-8-14-35(30)52-39/h2,5-8,11-14,24-26,28,31-34,48H,1,3-4,9-10,15-23,40H2,(H,41,42)(H,43,50)(H,44,49)(H,45,51)/t31-,32-,33-,34-/m0/s1. The highest BCUT2D eigenvalue weighted by molar-refractivity contribution is 7.99. The van der Waals surface area contributed by atoms with Gasteiger partial charge in [-0.15, -0.1) is 0 Å². The number of aliphatic hydroxyl groups excluding tert-OH is 1. The number of carbonyl (C=O) groups is 3. The fourth-order valence-corrected chi connectivity index (χ4v) is 8.10. The number of hydrogen-bond donors (Lipinski definition) is 6. The van der Waals surface area contributed by atoms with Gasteiger partial charge in [0.1, 0.15) is 17.6 Å². The third-order valence-electron chi connectivity index (χ3n) is 10.3. The molecule has 1 aliphatic heterocycles. The van der Waals surface area contributed by atoms with E-state index in [0.717, 1.165) is 36.8 Å². The number of amides is 4. The lowest BCUT2D eigenvalue weighted by Gasteiger charge is -2.32. The smallest absolute Gasteiger partial charge is 0.318 e. The third kappa shape index (κ3) is 11.3. The van der Waals surface area contributed by atoms with Crippen molar-refractivity contribution in [2.45, 2.75) is 106 Å². The number of nitrogens with two attached hydrogens (primary N) is 1. The predicted molar refractivity (Wildman–Crippen MR) is 204 cm³/mol. The van der Waals surface area contributed by atoms with E-state index in [9.17, 15) is 19.5 Å². The molecule has 13 nitrogen and oxygen atoms in total. The topological polar surface area (TPSA) is 192 Å². The van der Waals surface area contributed by atoms with Crippen LogP contribution in [0.4, 0.5) is 4.79 Å². The number of aromatic nitrogens is 3. The van der Waals surface area contributed by atoms with Crippen LogP contribution >= 0.6 is 11.8 Å². The van der Waals surface area contributed by atoms with Gasteiger partial charge in [-0.25, -0.2) is 14.8 Å². The molecule has 2 fully saturated rings. The van der Waals surface area contributed by atoms with E-state index in [-0.39, 0.29) is 24.9 Å². The lowest BCUT2D eigenvalue weighted by Crippen LogP contribution is -2.59. The minimum absolute atomic E-state index is 0.0524. The van der Waals surface area contributed by atoms with E-state index in [1.165, 1.54) is 24.5 Å². The van der Waals surface area contributed by atoms with Crippen molar-refractivity contribution in [3.8, 4) is 0 Å². The number of H-pyrrole nitrogens is 1. The van der Waals surface area contributed by atoms with Crippen LogP contribution in [0, 0.1) is 5.92 Å². The molecule has 1 aliphatic carbocycles. The molecular formula is C39H52N8O5S. The molecule has 2 aromatic heterocycles. The maximum atomic E-state index is 14.2. The first kappa shape index (κ1) is 38.3. The fraction of sp³-hybridized carbons (Fsp3) is 0.513. The number of para-hydroxylation sites is 2. The molecule has 0 radical (unpaired) electrons. The minimum Gasteiger partial charge on any atom is -0.431 e. The number of nitrogens with zero attached hydrogens (tertiary/aromatic N) is 3. The summed E-state index contributed by atoms with van der Waals surface area (Å²) in [5.41, 5.74) is 9.02. The Morgan fingerprint density at radius 1 is 0.925 bits per heavy atom. The van der Waals surface area contributed by atoms with E-state index in [1.807, 2.05) is 54.6 Å². The van der Waals surface area contributed by atoms with E-state index in [0.29, 0.717) is 66.9 Å². The Balaban J connectivity index is 1.15. The van der Waals surface area contributed by atoms with Gasteiger partial charge in [0.25, 0.3) is 5.22 Å². The van der Waals surface area contributed by atoms with E-state index < -0.39 is 36.0 Å². The molecule has 4 amide bonds. The van der Waals surface area contributed by atoms with Gasteiger partial charge in [-0.05, 0) is 49.3 Å². The highest BCUT2D eigenvalue weighted by Crippen LogP contribution is 2.29. The van der Waals surface area contributed by atoms with Crippen molar-refractivity contribution in [3.63, 3.8) is 0 Å². The first-order valence-electron chi connectivity index (χ1n) is 18.9. The highest BCUT2D eigenvalue weighted by atomic mass is 32.2. The Morgan fingerprint density at radius 3 is 2.38 bits per heavy atom. The number of oxazole rings is 1. The summed E-state index contributed by atoms with van der Waals surface area (Å²) < 4.78 is 5.85. The number of piperidine rings is 1. The number of likely N-dealkylation sites (tertiary alicyclic amines) is 1. The van der Waals surface area contributed by atoms with Gasteiger partial charge in [-0.3, -0.25) is 9.59 Å². The molecule has 2 aliphatic rings. The average Bonchev–Trinajstić information content (AvgIpc) is 3.85. The van der Waals surface area contributed by atoms with Gasteiger partial charge in [-0.2, -0.15) is 0 Å². The first-order valence-corrected chi connectivity index (χ1v) is 19.9. The Labute approximate surface area is 314 Å². The predicted octanol–water partition coefficient (Wildman–Crippen LogP) is 4.32. The van der Waals surface area contributed by atoms with Gasteiger partial charge in [0.05, 0.1) is 24.2 Å². The normalized spacial score (nSPS) is 17.9. The van der Waals surface area contributed by atoms with Crippen molar-refractivity contribution in [2.24, 2.45) is 11.7 Å². The molecule has 1 saturated carbocycles. The summed E-state index contributed by atoms with van der Waals surface area (Å²) in [5.74, 6) is 0.0263. The molecule has 4 atom stereocenters. The Hall–Kier alpha value is -4.40. The van der Waals surface area contributed by atoms with Crippen molar-refractivity contribution < 1.29 is 23.9 Å². The molecule has 7 N–H and O–H groups in total. The number of aliphatic hydroxyl groups is 1. The number of benzene rings is 2. The second kappa shape index (κ2) is 19.1. The van der Waals surface area contributed by atoms with Crippen molar-refractivity contribution in [1.29, 1.82) is 0 Å². The van der Waals surface area contributed by atoms with Crippen LogP contribution in [-0.2, 0) is 22.4 Å². The van der Waals surface area contributed by atoms with Crippen molar-refractivity contribution >= 4 is 40.7 Å². The molecular weight excluding hydrogens is 693 g/mol. The maximum absolute atomic E-state index is 14.2. The van der Waals surface area contributed by atoms with Crippen LogP contribution in [0.1, 0.15) is 69.0 Å². The van der Waals surface area contributed by atoms with Gasteiger partial charge in [0.2, 0.25) is 11.8 Å². The van der Waals surface area contributed by atoms with Gasteiger partial charge in [-0.1, -0.05) is 86.3 Å². The molecule has 284 valence electrons. The summed E-state index contributed by atoms with van der Waals surface area (Å²) in [6, 6.07) is 14.3. The summed E-state index contributed by atoms with van der Waals surface area (Å²) in [7, 11) is 0.